The van der Waals surface area contributed by atoms with Crippen molar-refractivity contribution in [3.05, 3.63) is 96.4 Å². The molecule has 9 heteroatoms. The normalized spacial score (nSPS) is 13.7. The number of urea groups is 1. The summed E-state index contributed by atoms with van der Waals surface area (Å²) in [5.74, 6) is 0.407. The van der Waals surface area contributed by atoms with E-state index in [9.17, 15) is 14.0 Å². The number of ether oxygens (including phenoxy) is 1. The molecule has 230 valence electrons. The SMILES string of the molecule is CC(C)C(C=O)NC(=O)N1CCC(Oc2ccc(F)cc2)CC1.CN(C)c1ccc(CN)cc1.c1ccc2[nH]ccc2c1. The highest BCUT2D eigenvalue weighted by atomic mass is 19.1. The number of fused-ring (bicyclic) bond motifs is 1. The van der Waals surface area contributed by atoms with Crippen LogP contribution in [0.3, 0.4) is 0 Å². The van der Waals surface area contributed by atoms with Gasteiger partial charge in [-0.2, -0.15) is 0 Å². The Morgan fingerprint density at radius 1 is 1.05 bits per heavy atom. The van der Waals surface area contributed by atoms with Crippen molar-refractivity contribution in [1.82, 2.24) is 15.2 Å². The third-order valence-corrected chi connectivity index (χ3v) is 7.15. The number of para-hydroxylation sites is 1. The van der Waals surface area contributed by atoms with E-state index >= 15 is 0 Å². The number of amides is 2. The minimum atomic E-state index is -0.462. The van der Waals surface area contributed by atoms with Crippen LogP contribution in [0.15, 0.2) is 85.1 Å². The van der Waals surface area contributed by atoms with Crippen molar-refractivity contribution < 1.29 is 18.7 Å². The second kappa shape index (κ2) is 16.9. The number of carbonyl (C=O) groups is 2. The Morgan fingerprint density at radius 2 is 1.70 bits per heavy atom. The molecule has 4 N–H and O–H groups in total. The number of benzene rings is 3. The molecule has 8 nitrogen and oxygen atoms in total. The van der Waals surface area contributed by atoms with Crippen LogP contribution in [0.25, 0.3) is 10.9 Å². The molecule has 43 heavy (non-hydrogen) atoms. The van der Waals surface area contributed by atoms with E-state index in [1.807, 2.05) is 46.3 Å². The van der Waals surface area contributed by atoms with E-state index in [2.05, 4.69) is 57.7 Å². The van der Waals surface area contributed by atoms with Crippen molar-refractivity contribution in [2.45, 2.75) is 45.4 Å². The molecule has 1 unspecified atom stereocenters. The summed E-state index contributed by atoms with van der Waals surface area (Å²) < 4.78 is 18.7. The van der Waals surface area contributed by atoms with Crippen molar-refractivity contribution in [3.63, 3.8) is 0 Å². The lowest BCUT2D eigenvalue weighted by Crippen LogP contribution is -2.50. The number of nitrogens with two attached hydrogens (primary N) is 1. The van der Waals surface area contributed by atoms with Gasteiger partial charge in [-0.05, 0) is 65.4 Å². The van der Waals surface area contributed by atoms with Gasteiger partial charge in [0.1, 0.15) is 24.0 Å². The third-order valence-electron chi connectivity index (χ3n) is 7.15. The molecule has 0 radical (unpaired) electrons. The number of nitrogens with one attached hydrogen (secondary N) is 2. The Morgan fingerprint density at radius 3 is 2.26 bits per heavy atom. The lowest BCUT2D eigenvalue weighted by atomic mass is 10.1. The lowest BCUT2D eigenvalue weighted by Gasteiger charge is -2.33. The number of H-pyrrole nitrogens is 1. The largest absolute Gasteiger partial charge is 0.490 e. The third kappa shape index (κ3) is 10.8. The van der Waals surface area contributed by atoms with Gasteiger partial charge in [0, 0.05) is 64.0 Å². The molecule has 1 aliphatic heterocycles. The first kappa shape index (κ1) is 33.1. The minimum Gasteiger partial charge on any atom is -0.490 e. The molecule has 1 aromatic heterocycles. The molecule has 5 rings (SSSR count). The molecule has 0 spiro atoms. The van der Waals surface area contributed by atoms with Crippen molar-refractivity contribution in [1.29, 1.82) is 0 Å². The molecule has 1 fully saturated rings. The minimum absolute atomic E-state index is 0.0106. The van der Waals surface area contributed by atoms with Crippen LogP contribution >= 0.6 is 0 Å². The topological polar surface area (TPSA) is 104 Å². The lowest BCUT2D eigenvalue weighted by molar-refractivity contribution is -0.110. The Hall–Kier alpha value is -4.37. The van der Waals surface area contributed by atoms with Gasteiger partial charge in [0.2, 0.25) is 0 Å². The number of anilines is 1. The molecule has 0 aliphatic carbocycles. The van der Waals surface area contributed by atoms with Gasteiger partial charge in [-0.3, -0.25) is 0 Å². The van der Waals surface area contributed by atoms with Crippen LogP contribution in [0, 0.1) is 11.7 Å². The van der Waals surface area contributed by atoms with Crippen LogP contribution in [-0.4, -0.2) is 61.5 Å². The van der Waals surface area contributed by atoms with Crippen molar-refractivity contribution in [3.8, 4) is 5.75 Å². The van der Waals surface area contributed by atoms with Gasteiger partial charge in [0.25, 0.3) is 0 Å². The summed E-state index contributed by atoms with van der Waals surface area (Å²) >= 11 is 0. The van der Waals surface area contributed by atoms with Gasteiger partial charge in [-0.25, -0.2) is 9.18 Å². The van der Waals surface area contributed by atoms with Crippen LogP contribution in [0.4, 0.5) is 14.9 Å². The van der Waals surface area contributed by atoms with Gasteiger partial charge in [-0.15, -0.1) is 0 Å². The number of rotatable bonds is 7. The molecule has 0 bridgehead atoms. The first-order valence-electron chi connectivity index (χ1n) is 14.6. The van der Waals surface area contributed by atoms with E-state index in [1.165, 1.54) is 34.3 Å². The van der Waals surface area contributed by atoms with Gasteiger partial charge < -0.3 is 35.4 Å². The number of nitrogens with zero attached hydrogens (tertiary/aromatic N) is 2. The summed E-state index contributed by atoms with van der Waals surface area (Å²) in [5, 5.41) is 4.02. The predicted molar refractivity (Wildman–Crippen MR) is 172 cm³/mol. The highest BCUT2D eigenvalue weighted by Gasteiger charge is 2.26. The fourth-order valence-electron chi connectivity index (χ4n) is 4.40. The summed E-state index contributed by atoms with van der Waals surface area (Å²) in [6, 6.07) is 23.8. The van der Waals surface area contributed by atoms with Gasteiger partial charge in [-0.1, -0.05) is 44.2 Å². The number of aldehydes is 1. The number of hydrogen-bond donors (Lipinski definition) is 3. The Kier molecular flexibility index (Phi) is 13.0. The zero-order valence-electron chi connectivity index (χ0n) is 25.5. The molecule has 1 saturated heterocycles. The van der Waals surface area contributed by atoms with Crippen molar-refractivity contribution >= 4 is 28.9 Å². The number of carbonyl (C=O) groups excluding carboxylic acids is 2. The van der Waals surface area contributed by atoms with Crippen LogP contribution in [0.1, 0.15) is 32.3 Å². The highest BCUT2D eigenvalue weighted by Crippen LogP contribution is 2.19. The van der Waals surface area contributed by atoms with Crippen LogP contribution in [0.2, 0.25) is 0 Å². The van der Waals surface area contributed by atoms with Crippen LogP contribution < -0.4 is 20.7 Å². The molecule has 4 aromatic rings. The summed E-state index contributed by atoms with van der Waals surface area (Å²) in [6.07, 6.45) is 4.14. The van der Waals surface area contributed by atoms with Crippen molar-refractivity contribution in [2.24, 2.45) is 11.7 Å². The van der Waals surface area contributed by atoms with Crippen LogP contribution in [0.5, 0.6) is 5.75 Å². The molecular formula is C34H44FN5O3. The maximum Gasteiger partial charge on any atom is 0.317 e. The zero-order chi connectivity index (χ0) is 31.2. The van der Waals surface area contributed by atoms with Gasteiger partial charge in [0.05, 0.1) is 6.04 Å². The molecule has 0 saturated carbocycles. The first-order chi connectivity index (χ1) is 20.7. The average molecular weight is 590 g/mol. The zero-order valence-corrected chi connectivity index (χ0v) is 25.5. The van der Waals surface area contributed by atoms with E-state index in [1.54, 1.807) is 17.0 Å². The number of halogens is 1. The summed E-state index contributed by atoms with van der Waals surface area (Å²) in [5.41, 5.74) is 9.06. The second-order valence-electron chi connectivity index (χ2n) is 10.9. The predicted octanol–water partition coefficient (Wildman–Crippen LogP) is 5.98. The first-order valence-corrected chi connectivity index (χ1v) is 14.6. The molecule has 1 atom stereocenters. The van der Waals surface area contributed by atoms with Gasteiger partial charge in [0.15, 0.2) is 0 Å². The number of aromatic nitrogens is 1. The van der Waals surface area contributed by atoms with Gasteiger partial charge >= 0.3 is 6.03 Å². The van der Waals surface area contributed by atoms with E-state index in [-0.39, 0.29) is 23.9 Å². The standard InChI is InChI=1S/C17H23FN2O3.C9H14N2.C8H7N/c1-12(2)16(11-21)19-17(22)20-9-7-15(8-10-20)23-14-5-3-13(18)4-6-14;1-11(2)9-5-3-8(7-10)4-6-9;1-2-4-8-7(3-1)5-6-9-8/h3-6,11-12,15-16H,7-10H2,1-2H3,(H,19,22);3-6H,7,10H2,1-2H3;1-6,9H. The van der Waals surface area contributed by atoms with E-state index in [0.717, 1.165) is 6.29 Å². The molecular weight excluding hydrogens is 545 g/mol. The second-order valence-corrected chi connectivity index (χ2v) is 10.9. The summed E-state index contributed by atoms with van der Waals surface area (Å²) in [6.45, 7) is 5.54. The molecule has 2 amide bonds. The maximum atomic E-state index is 12.9. The van der Waals surface area contributed by atoms with Crippen molar-refractivity contribution in [2.75, 3.05) is 32.1 Å². The number of aromatic amines is 1. The number of hydrogen-bond acceptors (Lipinski definition) is 5. The molecule has 1 aliphatic rings. The maximum absolute atomic E-state index is 12.9. The number of likely N-dealkylation sites (tertiary alicyclic amines) is 1. The number of piperidine rings is 1. The Balaban J connectivity index is 0.000000207. The Labute approximate surface area is 254 Å². The smallest absolute Gasteiger partial charge is 0.317 e. The quantitative estimate of drug-likeness (QED) is 0.230. The summed E-state index contributed by atoms with van der Waals surface area (Å²) in [7, 11) is 4.05. The highest BCUT2D eigenvalue weighted by molar-refractivity contribution is 5.79. The fourth-order valence-corrected chi connectivity index (χ4v) is 4.40. The van der Waals surface area contributed by atoms with E-state index in [0.29, 0.717) is 38.2 Å². The fraction of sp³-hybridized carbons (Fsp3) is 0.353. The molecule has 2 heterocycles. The van der Waals surface area contributed by atoms with E-state index < -0.39 is 6.04 Å². The van der Waals surface area contributed by atoms with E-state index in [4.69, 9.17) is 10.5 Å². The van der Waals surface area contributed by atoms with Crippen LogP contribution in [-0.2, 0) is 11.3 Å². The molecule has 3 aromatic carbocycles. The monoisotopic (exact) mass is 589 g/mol. The summed E-state index contributed by atoms with van der Waals surface area (Å²) in [4.78, 5) is 30.0. The average Bonchev–Trinajstić information content (AvgIpc) is 3.51. The Bertz CT molecular complexity index is 1350.